The molecule has 1 aliphatic rings. The number of hydrogen-bond donors (Lipinski definition) is 0. The predicted molar refractivity (Wildman–Crippen MR) is 127 cm³/mol. The lowest BCUT2D eigenvalue weighted by Crippen LogP contribution is -2.61. The van der Waals surface area contributed by atoms with Crippen LogP contribution in [0.1, 0.15) is 16.7 Å². The molecule has 4 rings (SSSR count). The maximum Gasteiger partial charge on any atom is 0.187 e. The van der Waals surface area contributed by atoms with Gasteiger partial charge in [-0.05, 0) is 16.7 Å². The second kappa shape index (κ2) is 12.6. The summed E-state index contributed by atoms with van der Waals surface area (Å²) in [5, 5.41) is 0. The number of aldehydes is 1. The van der Waals surface area contributed by atoms with Gasteiger partial charge in [0.25, 0.3) is 0 Å². The van der Waals surface area contributed by atoms with Crippen LogP contribution in [0.2, 0.25) is 0 Å². The maximum atomic E-state index is 12.0. The third kappa shape index (κ3) is 6.38. The Morgan fingerprint density at radius 3 is 1.47 bits per heavy atom. The monoisotopic (exact) mass is 462 g/mol. The van der Waals surface area contributed by atoms with Crippen molar-refractivity contribution < 1.29 is 28.5 Å². The number of benzene rings is 3. The van der Waals surface area contributed by atoms with Crippen LogP contribution in [-0.4, -0.2) is 44.1 Å². The summed E-state index contributed by atoms with van der Waals surface area (Å²) in [6.45, 7) is 0.994. The molecular formula is C28H30O6. The molecule has 34 heavy (non-hydrogen) atoms. The summed E-state index contributed by atoms with van der Waals surface area (Å²) in [7, 11) is 1.53. The van der Waals surface area contributed by atoms with E-state index in [9.17, 15) is 4.79 Å². The Morgan fingerprint density at radius 2 is 1.06 bits per heavy atom. The van der Waals surface area contributed by atoms with Crippen LogP contribution in [0.5, 0.6) is 0 Å². The second-order valence-corrected chi connectivity index (χ2v) is 8.12. The van der Waals surface area contributed by atoms with Crippen molar-refractivity contribution in [2.75, 3.05) is 7.11 Å². The molecule has 3 unspecified atom stereocenters. The minimum absolute atomic E-state index is 0.313. The smallest absolute Gasteiger partial charge is 0.187 e. The van der Waals surface area contributed by atoms with E-state index in [2.05, 4.69) is 0 Å². The minimum Gasteiger partial charge on any atom is -0.368 e. The van der Waals surface area contributed by atoms with Crippen molar-refractivity contribution in [2.45, 2.75) is 50.5 Å². The Hall–Kier alpha value is -2.87. The zero-order valence-corrected chi connectivity index (χ0v) is 19.2. The number of ether oxygens (including phenoxy) is 5. The average Bonchev–Trinajstić information content (AvgIpc) is 2.91. The molecule has 0 radical (unpaired) electrons. The quantitative estimate of drug-likeness (QED) is 0.396. The summed E-state index contributed by atoms with van der Waals surface area (Å²) in [4.78, 5) is 12.0. The summed E-state index contributed by atoms with van der Waals surface area (Å²) in [5.41, 5.74) is 3.01. The first-order chi connectivity index (χ1) is 16.8. The van der Waals surface area contributed by atoms with Crippen molar-refractivity contribution in [2.24, 2.45) is 0 Å². The largest absolute Gasteiger partial charge is 0.368 e. The first-order valence-electron chi connectivity index (χ1n) is 11.4. The number of hydrogen-bond acceptors (Lipinski definition) is 6. The number of carbonyl (C=O) groups excluding carboxylic acids is 1. The molecule has 1 fully saturated rings. The van der Waals surface area contributed by atoms with Crippen molar-refractivity contribution in [1.82, 2.24) is 0 Å². The van der Waals surface area contributed by atoms with Gasteiger partial charge in [0.05, 0.1) is 19.8 Å². The normalized spacial score (nSPS) is 24.6. The zero-order chi connectivity index (χ0) is 23.6. The fraction of sp³-hybridized carbons (Fsp3) is 0.321. The van der Waals surface area contributed by atoms with Gasteiger partial charge in [0, 0.05) is 7.11 Å². The molecule has 6 heteroatoms. The van der Waals surface area contributed by atoms with E-state index in [1.165, 1.54) is 7.11 Å². The van der Waals surface area contributed by atoms with Gasteiger partial charge >= 0.3 is 0 Å². The fourth-order valence-electron chi connectivity index (χ4n) is 3.99. The lowest BCUT2D eigenvalue weighted by Gasteiger charge is -2.44. The number of carbonyl (C=O) groups is 1. The van der Waals surface area contributed by atoms with E-state index in [4.69, 9.17) is 23.7 Å². The van der Waals surface area contributed by atoms with Crippen LogP contribution >= 0.6 is 0 Å². The first-order valence-corrected chi connectivity index (χ1v) is 11.4. The van der Waals surface area contributed by atoms with Crippen LogP contribution in [0, 0.1) is 0 Å². The van der Waals surface area contributed by atoms with Crippen LogP contribution in [-0.2, 0) is 48.3 Å². The average molecular weight is 463 g/mol. The third-order valence-corrected chi connectivity index (χ3v) is 5.75. The van der Waals surface area contributed by atoms with E-state index in [-0.39, 0.29) is 0 Å². The van der Waals surface area contributed by atoms with Gasteiger partial charge in [-0.25, -0.2) is 0 Å². The van der Waals surface area contributed by atoms with E-state index in [1.54, 1.807) is 0 Å². The summed E-state index contributed by atoms with van der Waals surface area (Å²) < 4.78 is 30.4. The number of rotatable bonds is 11. The van der Waals surface area contributed by atoms with Gasteiger partial charge in [-0.2, -0.15) is 0 Å². The van der Waals surface area contributed by atoms with Gasteiger partial charge in [0.1, 0.15) is 24.4 Å². The molecule has 0 saturated carbocycles. The molecule has 1 saturated heterocycles. The zero-order valence-electron chi connectivity index (χ0n) is 19.2. The summed E-state index contributed by atoms with van der Waals surface area (Å²) >= 11 is 0. The van der Waals surface area contributed by atoms with Crippen LogP contribution in [0.4, 0.5) is 0 Å². The lowest BCUT2D eigenvalue weighted by molar-refractivity contribution is -0.309. The number of methoxy groups -OCH3 is 1. The van der Waals surface area contributed by atoms with Crippen LogP contribution < -0.4 is 0 Å². The molecule has 5 atom stereocenters. The van der Waals surface area contributed by atoms with Crippen LogP contribution in [0.25, 0.3) is 0 Å². The maximum absolute atomic E-state index is 12.0. The SMILES string of the molecule is CO[C@H]1OC(C=O)[C@@H](OCc2ccccc2)C(OCc2ccccc2)C1OCc1ccccc1. The van der Waals surface area contributed by atoms with Gasteiger partial charge in [0.15, 0.2) is 12.6 Å². The highest BCUT2D eigenvalue weighted by Crippen LogP contribution is 2.30. The van der Waals surface area contributed by atoms with E-state index >= 15 is 0 Å². The van der Waals surface area contributed by atoms with Crippen molar-refractivity contribution in [1.29, 1.82) is 0 Å². The van der Waals surface area contributed by atoms with Crippen molar-refractivity contribution in [3.63, 3.8) is 0 Å². The molecular weight excluding hydrogens is 432 g/mol. The fourth-order valence-corrected chi connectivity index (χ4v) is 3.99. The van der Waals surface area contributed by atoms with E-state index < -0.39 is 30.7 Å². The highest BCUT2D eigenvalue weighted by molar-refractivity contribution is 5.57. The Morgan fingerprint density at radius 1 is 0.647 bits per heavy atom. The minimum atomic E-state index is -0.856. The second-order valence-electron chi connectivity index (χ2n) is 8.12. The van der Waals surface area contributed by atoms with Crippen molar-refractivity contribution >= 4 is 6.29 Å². The molecule has 3 aromatic carbocycles. The molecule has 0 bridgehead atoms. The molecule has 178 valence electrons. The highest BCUT2D eigenvalue weighted by atomic mass is 16.7. The van der Waals surface area contributed by atoms with Gasteiger partial charge in [-0.15, -0.1) is 0 Å². The van der Waals surface area contributed by atoms with Crippen LogP contribution in [0.3, 0.4) is 0 Å². The Bertz CT molecular complexity index is 982. The van der Waals surface area contributed by atoms with Gasteiger partial charge in [-0.3, -0.25) is 0 Å². The molecule has 3 aromatic rings. The first kappa shape index (κ1) is 24.3. The van der Waals surface area contributed by atoms with E-state index in [1.807, 2.05) is 91.0 Å². The van der Waals surface area contributed by atoms with E-state index in [0.29, 0.717) is 19.8 Å². The van der Waals surface area contributed by atoms with Crippen LogP contribution in [0.15, 0.2) is 91.0 Å². The topological polar surface area (TPSA) is 63.2 Å². The molecule has 6 nitrogen and oxygen atoms in total. The molecule has 1 heterocycles. The highest BCUT2D eigenvalue weighted by Gasteiger charge is 2.48. The molecule has 0 aliphatic carbocycles. The van der Waals surface area contributed by atoms with Gasteiger partial charge in [-0.1, -0.05) is 91.0 Å². The Labute approximate surface area is 200 Å². The van der Waals surface area contributed by atoms with Crippen molar-refractivity contribution in [3.05, 3.63) is 108 Å². The Balaban J connectivity index is 1.57. The van der Waals surface area contributed by atoms with Gasteiger partial charge < -0.3 is 28.5 Å². The Kier molecular flexibility index (Phi) is 8.96. The van der Waals surface area contributed by atoms with E-state index in [0.717, 1.165) is 23.0 Å². The van der Waals surface area contributed by atoms with Crippen molar-refractivity contribution in [3.8, 4) is 0 Å². The standard InChI is InChI=1S/C28H30O6/c1-30-28-27(33-20-23-15-9-4-10-16-23)26(32-19-22-13-7-3-8-14-22)25(24(17-29)34-28)31-18-21-11-5-2-6-12-21/h2-17,24-28H,18-20H2,1H3/t24?,25-,26?,27?,28+/m1/s1. The lowest BCUT2D eigenvalue weighted by atomic mass is 9.98. The molecule has 1 aliphatic heterocycles. The summed E-state index contributed by atoms with van der Waals surface area (Å²) in [6.07, 6.45) is -2.77. The third-order valence-electron chi connectivity index (χ3n) is 5.75. The molecule has 0 amide bonds. The molecule has 0 spiro atoms. The predicted octanol–water partition coefficient (Wildman–Crippen LogP) is 4.31. The summed E-state index contributed by atoms with van der Waals surface area (Å²) in [6, 6.07) is 29.5. The summed E-state index contributed by atoms with van der Waals surface area (Å²) in [5.74, 6) is 0. The molecule has 0 N–H and O–H groups in total. The van der Waals surface area contributed by atoms with Gasteiger partial charge in [0.2, 0.25) is 0 Å². The molecule has 0 aromatic heterocycles.